The smallest absolute Gasteiger partial charge is 0.357 e. The number of anilines is 2. The average Bonchev–Trinajstić information content (AvgIpc) is 2.71. The summed E-state index contributed by atoms with van der Waals surface area (Å²) < 4.78 is 11.1. The Bertz CT molecular complexity index is 1120. The fourth-order valence-electron chi connectivity index (χ4n) is 2.67. The van der Waals surface area contributed by atoms with E-state index in [-0.39, 0.29) is 11.7 Å². The van der Waals surface area contributed by atoms with Crippen LogP contribution in [0.15, 0.2) is 60.8 Å². The number of aromatic nitrogens is 1. The van der Waals surface area contributed by atoms with Gasteiger partial charge in [-0.05, 0) is 81.8 Å². The van der Waals surface area contributed by atoms with E-state index >= 15 is 0 Å². The van der Waals surface area contributed by atoms with Crippen LogP contribution in [0.4, 0.5) is 16.2 Å². The second kappa shape index (κ2) is 9.70. The maximum Gasteiger partial charge on any atom is 0.357 e. The molecule has 7 nitrogen and oxygen atoms in total. The van der Waals surface area contributed by atoms with Crippen LogP contribution in [-0.4, -0.2) is 22.6 Å². The first-order valence-electron chi connectivity index (χ1n) is 9.90. The van der Waals surface area contributed by atoms with Gasteiger partial charge in [-0.15, -0.1) is 0 Å². The Morgan fingerprint density at radius 3 is 2.22 bits per heavy atom. The molecule has 0 aliphatic rings. The van der Waals surface area contributed by atoms with Crippen molar-refractivity contribution in [2.75, 3.05) is 10.6 Å². The third-order valence-electron chi connectivity index (χ3n) is 4.10. The van der Waals surface area contributed by atoms with E-state index in [4.69, 9.17) is 21.1 Å². The van der Waals surface area contributed by atoms with Crippen molar-refractivity contribution in [2.45, 2.75) is 33.3 Å². The SMILES string of the molecule is Cc1cc(NC(=O)Nc2ccc(Oc3ccnc(C(=O)OC(C)(C)C)c3)cc2)ccc1Cl. The molecule has 3 aromatic rings. The van der Waals surface area contributed by atoms with E-state index in [0.717, 1.165) is 5.56 Å². The number of hydrogen-bond donors (Lipinski definition) is 2. The first-order chi connectivity index (χ1) is 15.1. The maximum absolute atomic E-state index is 12.2. The van der Waals surface area contributed by atoms with E-state index in [1.165, 1.54) is 12.3 Å². The quantitative estimate of drug-likeness (QED) is 0.434. The van der Waals surface area contributed by atoms with Crippen LogP contribution >= 0.6 is 11.6 Å². The number of amides is 2. The van der Waals surface area contributed by atoms with Gasteiger partial charge in [0.2, 0.25) is 0 Å². The zero-order chi connectivity index (χ0) is 23.3. The molecule has 2 N–H and O–H groups in total. The van der Waals surface area contributed by atoms with E-state index in [1.54, 1.807) is 69.3 Å². The molecule has 1 heterocycles. The number of carbonyl (C=O) groups is 2. The first-order valence-corrected chi connectivity index (χ1v) is 10.3. The predicted octanol–water partition coefficient (Wildman–Crippen LogP) is 6.44. The van der Waals surface area contributed by atoms with Gasteiger partial charge in [0.25, 0.3) is 0 Å². The number of ether oxygens (including phenoxy) is 2. The Morgan fingerprint density at radius 1 is 0.906 bits per heavy atom. The van der Waals surface area contributed by atoms with E-state index in [9.17, 15) is 9.59 Å². The summed E-state index contributed by atoms with van der Waals surface area (Å²) in [7, 11) is 0. The van der Waals surface area contributed by atoms with E-state index < -0.39 is 11.6 Å². The molecule has 0 spiro atoms. The molecule has 0 saturated carbocycles. The number of nitrogens with zero attached hydrogens (tertiary/aromatic N) is 1. The molecule has 0 bridgehead atoms. The monoisotopic (exact) mass is 453 g/mol. The molecular formula is C24H24ClN3O4. The van der Waals surface area contributed by atoms with Crippen LogP contribution in [0.25, 0.3) is 0 Å². The standard InChI is InChI=1S/C24H24ClN3O4/c1-15-13-17(7-10-20(15)25)28-23(30)27-16-5-8-18(9-6-16)31-19-11-12-26-21(14-19)22(29)32-24(2,3)4/h5-14H,1-4H3,(H2,27,28,30). The van der Waals surface area contributed by atoms with Gasteiger partial charge in [0.05, 0.1) is 0 Å². The fourth-order valence-corrected chi connectivity index (χ4v) is 2.79. The fraction of sp³-hybridized carbons (Fsp3) is 0.208. The zero-order valence-corrected chi connectivity index (χ0v) is 19.0. The van der Waals surface area contributed by atoms with Gasteiger partial charge >= 0.3 is 12.0 Å². The largest absolute Gasteiger partial charge is 0.457 e. The number of nitrogens with one attached hydrogen (secondary N) is 2. The van der Waals surface area contributed by atoms with Crippen LogP contribution in [-0.2, 0) is 4.74 Å². The Hall–Kier alpha value is -3.58. The summed E-state index contributed by atoms with van der Waals surface area (Å²) in [4.78, 5) is 28.4. The minimum absolute atomic E-state index is 0.157. The van der Waals surface area contributed by atoms with Gasteiger partial charge in [0.1, 0.15) is 17.1 Å². The summed E-state index contributed by atoms with van der Waals surface area (Å²) in [5.41, 5.74) is 1.64. The Kier molecular flexibility index (Phi) is 7.00. The predicted molar refractivity (Wildman–Crippen MR) is 125 cm³/mol. The molecule has 0 unspecified atom stereocenters. The van der Waals surface area contributed by atoms with Crippen LogP contribution in [0.2, 0.25) is 5.02 Å². The number of urea groups is 1. The molecule has 2 aromatic carbocycles. The van der Waals surface area contributed by atoms with Gasteiger partial charge in [0.15, 0.2) is 5.69 Å². The molecule has 2 amide bonds. The van der Waals surface area contributed by atoms with Gasteiger partial charge in [0, 0.05) is 28.7 Å². The Labute approximate surface area is 191 Å². The number of esters is 1. The number of hydrogen-bond acceptors (Lipinski definition) is 5. The number of rotatable bonds is 5. The van der Waals surface area contributed by atoms with Crippen LogP contribution < -0.4 is 15.4 Å². The molecule has 166 valence electrons. The molecule has 0 radical (unpaired) electrons. The highest BCUT2D eigenvalue weighted by Gasteiger charge is 2.19. The molecule has 0 fully saturated rings. The van der Waals surface area contributed by atoms with Crippen molar-refractivity contribution in [3.8, 4) is 11.5 Å². The summed E-state index contributed by atoms with van der Waals surface area (Å²) in [5.74, 6) is 0.451. The van der Waals surface area contributed by atoms with Crippen molar-refractivity contribution < 1.29 is 19.1 Å². The number of halogens is 1. The Morgan fingerprint density at radius 2 is 1.56 bits per heavy atom. The maximum atomic E-state index is 12.2. The molecule has 1 aromatic heterocycles. The minimum Gasteiger partial charge on any atom is -0.457 e. The van der Waals surface area contributed by atoms with Crippen molar-refractivity contribution in [1.82, 2.24) is 4.98 Å². The van der Waals surface area contributed by atoms with E-state index in [1.807, 2.05) is 6.92 Å². The van der Waals surface area contributed by atoms with Crippen LogP contribution in [0, 0.1) is 6.92 Å². The summed E-state index contributed by atoms with van der Waals surface area (Å²) in [6.45, 7) is 7.23. The van der Waals surface area contributed by atoms with Gasteiger partial charge in [-0.1, -0.05) is 11.6 Å². The van der Waals surface area contributed by atoms with Crippen LogP contribution in [0.5, 0.6) is 11.5 Å². The molecule has 0 aliphatic carbocycles. The minimum atomic E-state index is -0.614. The highest BCUT2D eigenvalue weighted by atomic mass is 35.5. The molecular weight excluding hydrogens is 430 g/mol. The molecule has 0 atom stereocenters. The summed E-state index contributed by atoms with van der Waals surface area (Å²) in [6.07, 6.45) is 1.48. The van der Waals surface area contributed by atoms with Crippen molar-refractivity contribution in [2.24, 2.45) is 0 Å². The number of carbonyl (C=O) groups excluding carboxylic acids is 2. The van der Waals surface area contributed by atoms with Gasteiger partial charge in [-0.3, -0.25) is 0 Å². The topological polar surface area (TPSA) is 89.5 Å². The zero-order valence-electron chi connectivity index (χ0n) is 18.2. The third kappa shape index (κ3) is 6.72. The lowest BCUT2D eigenvalue weighted by atomic mass is 10.2. The van der Waals surface area contributed by atoms with E-state index in [0.29, 0.717) is 27.9 Å². The summed E-state index contributed by atoms with van der Waals surface area (Å²) >= 11 is 6.00. The molecule has 3 rings (SSSR count). The van der Waals surface area contributed by atoms with Gasteiger partial charge in [-0.25, -0.2) is 14.6 Å². The molecule has 0 aliphatic heterocycles. The second-order valence-corrected chi connectivity index (χ2v) is 8.46. The molecule has 0 saturated heterocycles. The Balaban J connectivity index is 1.60. The number of pyridine rings is 1. The van der Waals surface area contributed by atoms with E-state index in [2.05, 4.69) is 15.6 Å². The normalized spacial score (nSPS) is 10.9. The second-order valence-electron chi connectivity index (χ2n) is 8.05. The van der Waals surface area contributed by atoms with Gasteiger partial charge < -0.3 is 20.1 Å². The number of benzene rings is 2. The molecule has 32 heavy (non-hydrogen) atoms. The lowest BCUT2D eigenvalue weighted by Crippen LogP contribution is -2.24. The van der Waals surface area contributed by atoms with Crippen LogP contribution in [0.3, 0.4) is 0 Å². The molecule has 8 heteroatoms. The first kappa shape index (κ1) is 23.1. The van der Waals surface area contributed by atoms with Crippen molar-refractivity contribution in [1.29, 1.82) is 0 Å². The van der Waals surface area contributed by atoms with Crippen molar-refractivity contribution in [3.63, 3.8) is 0 Å². The highest BCUT2D eigenvalue weighted by Crippen LogP contribution is 2.24. The van der Waals surface area contributed by atoms with Crippen LogP contribution in [0.1, 0.15) is 36.8 Å². The summed E-state index contributed by atoms with van der Waals surface area (Å²) in [5, 5.41) is 6.14. The highest BCUT2D eigenvalue weighted by molar-refractivity contribution is 6.31. The average molecular weight is 454 g/mol. The lowest BCUT2D eigenvalue weighted by Gasteiger charge is -2.19. The van der Waals surface area contributed by atoms with Crippen molar-refractivity contribution in [3.05, 3.63) is 77.1 Å². The summed E-state index contributed by atoms with van der Waals surface area (Å²) in [6, 6.07) is 14.8. The third-order valence-corrected chi connectivity index (χ3v) is 4.53. The number of aryl methyl sites for hydroxylation is 1. The lowest BCUT2D eigenvalue weighted by molar-refractivity contribution is 0.00624. The van der Waals surface area contributed by atoms with Gasteiger partial charge in [-0.2, -0.15) is 0 Å². The van der Waals surface area contributed by atoms with Crippen molar-refractivity contribution >= 4 is 35.0 Å².